The summed E-state index contributed by atoms with van der Waals surface area (Å²) in [6.45, 7) is 3.58. The number of aromatic nitrogens is 2. The minimum Gasteiger partial charge on any atom is -0.364 e. The van der Waals surface area contributed by atoms with Crippen LogP contribution in [0.3, 0.4) is 0 Å². The molecular weight excluding hydrogens is 230 g/mol. The van der Waals surface area contributed by atoms with Crippen LogP contribution in [0.15, 0.2) is 35.3 Å². The van der Waals surface area contributed by atoms with E-state index in [0.29, 0.717) is 11.5 Å². The number of nitrogens with one attached hydrogen (secondary N) is 2. The molecule has 5 heteroatoms. The molecule has 0 unspecified atom stereocenters. The van der Waals surface area contributed by atoms with Crippen LogP contribution in [-0.4, -0.2) is 15.9 Å². The maximum absolute atomic E-state index is 11.9. The molecule has 2 N–H and O–H groups in total. The van der Waals surface area contributed by atoms with Gasteiger partial charge in [0.05, 0.1) is 0 Å². The van der Waals surface area contributed by atoms with Crippen molar-refractivity contribution in [3.05, 3.63) is 57.6 Å². The van der Waals surface area contributed by atoms with Gasteiger partial charge in [-0.15, -0.1) is 0 Å². The summed E-state index contributed by atoms with van der Waals surface area (Å²) in [5.74, 6) is -0.0330. The van der Waals surface area contributed by atoms with Crippen LogP contribution >= 0.6 is 0 Å². The largest absolute Gasteiger partial charge is 0.364 e. The Hall–Kier alpha value is -2.43. The van der Waals surface area contributed by atoms with Crippen LogP contribution in [0.2, 0.25) is 0 Å². The average Bonchev–Trinajstić information content (AvgIpc) is 2.28. The molecule has 0 aliphatic rings. The molecule has 2 rings (SSSR count). The molecule has 0 bridgehead atoms. The minimum absolute atomic E-state index is 0.0731. The first kappa shape index (κ1) is 12.0. The Kier molecular flexibility index (Phi) is 3.23. The van der Waals surface area contributed by atoms with Gasteiger partial charge >= 0.3 is 0 Å². The smallest absolute Gasteiger partial charge is 0.262 e. The number of hydrogen-bond donors (Lipinski definition) is 2. The molecule has 0 aliphatic heterocycles. The number of amides is 1. The molecule has 0 saturated heterocycles. The van der Waals surface area contributed by atoms with E-state index in [0.717, 1.165) is 5.69 Å². The van der Waals surface area contributed by atoms with Gasteiger partial charge in [0.25, 0.3) is 5.91 Å². The van der Waals surface area contributed by atoms with Gasteiger partial charge < -0.3 is 10.3 Å². The highest BCUT2D eigenvalue weighted by atomic mass is 16.2. The van der Waals surface area contributed by atoms with Crippen molar-refractivity contribution in [2.24, 2.45) is 0 Å². The fourth-order valence-corrected chi connectivity index (χ4v) is 1.55. The Morgan fingerprint density at radius 1 is 1.33 bits per heavy atom. The van der Waals surface area contributed by atoms with Crippen LogP contribution in [0, 0.1) is 13.8 Å². The second kappa shape index (κ2) is 4.83. The second-order valence-corrected chi connectivity index (χ2v) is 4.01. The number of H-pyrrole nitrogens is 1. The van der Waals surface area contributed by atoms with Gasteiger partial charge in [0.15, 0.2) is 5.43 Å². The van der Waals surface area contributed by atoms with Crippen molar-refractivity contribution in [3.63, 3.8) is 0 Å². The van der Waals surface area contributed by atoms with E-state index in [9.17, 15) is 9.59 Å². The van der Waals surface area contributed by atoms with Gasteiger partial charge in [-0.1, -0.05) is 6.07 Å². The van der Waals surface area contributed by atoms with E-state index in [1.54, 1.807) is 19.1 Å². The highest BCUT2D eigenvalue weighted by Gasteiger charge is 2.10. The molecule has 5 nitrogen and oxygen atoms in total. The lowest BCUT2D eigenvalue weighted by Gasteiger charge is -2.04. The second-order valence-electron chi connectivity index (χ2n) is 4.01. The molecule has 0 aliphatic carbocycles. The first-order valence-corrected chi connectivity index (χ1v) is 5.50. The van der Waals surface area contributed by atoms with Crippen molar-refractivity contribution in [1.29, 1.82) is 0 Å². The molecule has 0 spiro atoms. The van der Waals surface area contributed by atoms with Gasteiger partial charge in [-0.2, -0.15) is 0 Å². The summed E-state index contributed by atoms with van der Waals surface area (Å²) >= 11 is 0. The first-order chi connectivity index (χ1) is 8.56. The number of anilines is 1. The maximum atomic E-state index is 11.9. The third-order valence-electron chi connectivity index (χ3n) is 2.43. The molecular formula is C13H13N3O2. The molecule has 2 heterocycles. The van der Waals surface area contributed by atoms with Crippen LogP contribution in [0.4, 0.5) is 5.82 Å². The van der Waals surface area contributed by atoms with E-state index in [4.69, 9.17) is 0 Å². The quantitative estimate of drug-likeness (QED) is 0.842. The summed E-state index contributed by atoms with van der Waals surface area (Å²) in [7, 11) is 0. The van der Waals surface area contributed by atoms with Gasteiger partial charge in [0, 0.05) is 23.7 Å². The Balaban J connectivity index is 2.25. The standard InChI is InChI=1S/C13H13N3O2/c1-8-4-3-5-12(15-8)16-13(18)10-7-14-9(2)6-11(10)17/h3-7H,1-2H3,(H,14,17)(H,15,16,18). The van der Waals surface area contributed by atoms with Crippen LogP contribution in [-0.2, 0) is 0 Å². The van der Waals surface area contributed by atoms with Crippen molar-refractivity contribution in [1.82, 2.24) is 9.97 Å². The van der Waals surface area contributed by atoms with Crippen molar-refractivity contribution < 1.29 is 4.79 Å². The lowest BCUT2D eigenvalue weighted by Crippen LogP contribution is -2.22. The predicted octanol–water partition coefficient (Wildman–Crippen LogP) is 1.64. The van der Waals surface area contributed by atoms with Gasteiger partial charge in [-0.3, -0.25) is 9.59 Å². The molecule has 1 amide bonds. The molecule has 2 aromatic rings. The predicted molar refractivity (Wildman–Crippen MR) is 68.7 cm³/mol. The number of carbonyl (C=O) groups excluding carboxylic acids is 1. The van der Waals surface area contributed by atoms with E-state index in [1.165, 1.54) is 12.3 Å². The molecule has 18 heavy (non-hydrogen) atoms. The molecule has 2 aromatic heterocycles. The number of hydrogen-bond acceptors (Lipinski definition) is 3. The fraction of sp³-hybridized carbons (Fsp3) is 0.154. The third kappa shape index (κ3) is 2.63. The van der Waals surface area contributed by atoms with Crippen molar-refractivity contribution in [2.45, 2.75) is 13.8 Å². The SMILES string of the molecule is Cc1cccc(NC(=O)c2c[nH]c(C)cc2=O)n1. The van der Waals surface area contributed by atoms with Crippen LogP contribution in [0.5, 0.6) is 0 Å². The number of rotatable bonds is 2. The van der Waals surface area contributed by atoms with E-state index < -0.39 is 5.91 Å². The van der Waals surface area contributed by atoms with Gasteiger partial charge in [0.2, 0.25) is 0 Å². The first-order valence-electron chi connectivity index (χ1n) is 5.50. The summed E-state index contributed by atoms with van der Waals surface area (Å²) in [4.78, 5) is 30.5. The Bertz CT molecular complexity index is 647. The zero-order chi connectivity index (χ0) is 13.1. The zero-order valence-electron chi connectivity index (χ0n) is 10.2. The molecule has 0 radical (unpaired) electrons. The maximum Gasteiger partial charge on any atom is 0.262 e. The lowest BCUT2D eigenvalue weighted by atomic mass is 10.2. The number of aryl methyl sites for hydroxylation is 2. The third-order valence-corrected chi connectivity index (χ3v) is 2.43. The van der Waals surface area contributed by atoms with E-state index >= 15 is 0 Å². The fourth-order valence-electron chi connectivity index (χ4n) is 1.55. The summed E-state index contributed by atoms with van der Waals surface area (Å²) in [6.07, 6.45) is 1.41. The highest BCUT2D eigenvalue weighted by molar-refractivity contribution is 6.03. The van der Waals surface area contributed by atoms with E-state index in [1.807, 2.05) is 13.0 Å². The summed E-state index contributed by atoms with van der Waals surface area (Å²) in [6, 6.07) is 6.68. The van der Waals surface area contributed by atoms with Crippen molar-refractivity contribution in [3.8, 4) is 0 Å². The number of carbonyl (C=O) groups is 1. The van der Waals surface area contributed by atoms with E-state index in [-0.39, 0.29) is 11.0 Å². The highest BCUT2D eigenvalue weighted by Crippen LogP contribution is 2.05. The van der Waals surface area contributed by atoms with Crippen LogP contribution < -0.4 is 10.7 Å². The average molecular weight is 243 g/mol. The molecule has 0 fully saturated rings. The normalized spacial score (nSPS) is 10.1. The van der Waals surface area contributed by atoms with E-state index in [2.05, 4.69) is 15.3 Å². The summed E-state index contributed by atoms with van der Waals surface area (Å²) < 4.78 is 0. The van der Waals surface area contributed by atoms with Crippen LogP contribution in [0.25, 0.3) is 0 Å². The number of nitrogens with zero attached hydrogens (tertiary/aromatic N) is 1. The van der Waals surface area contributed by atoms with Crippen molar-refractivity contribution >= 4 is 11.7 Å². The molecule has 0 aromatic carbocycles. The lowest BCUT2D eigenvalue weighted by molar-refractivity contribution is 0.102. The minimum atomic E-state index is -0.464. The van der Waals surface area contributed by atoms with Gasteiger partial charge in [-0.25, -0.2) is 4.98 Å². The molecule has 0 saturated carbocycles. The number of pyridine rings is 2. The monoisotopic (exact) mass is 243 g/mol. The van der Waals surface area contributed by atoms with Crippen LogP contribution in [0.1, 0.15) is 21.7 Å². The Morgan fingerprint density at radius 2 is 2.11 bits per heavy atom. The summed E-state index contributed by atoms with van der Waals surface area (Å²) in [5.41, 5.74) is 1.27. The number of aromatic amines is 1. The Morgan fingerprint density at radius 3 is 2.78 bits per heavy atom. The molecule has 0 atom stereocenters. The summed E-state index contributed by atoms with van der Waals surface area (Å²) in [5, 5.41) is 2.59. The van der Waals surface area contributed by atoms with Crippen molar-refractivity contribution in [2.75, 3.05) is 5.32 Å². The zero-order valence-corrected chi connectivity index (χ0v) is 10.2. The van der Waals surface area contributed by atoms with Gasteiger partial charge in [-0.05, 0) is 26.0 Å². The Labute approximate surface area is 104 Å². The molecule has 92 valence electrons. The van der Waals surface area contributed by atoms with Gasteiger partial charge in [0.1, 0.15) is 11.4 Å². The topological polar surface area (TPSA) is 74.8 Å².